The van der Waals surface area contributed by atoms with E-state index in [4.69, 9.17) is 4.74 Å². The minimum Gasteiger partial charge on any atom is -0.491 e. The van der Waals surface area contributed by atoms with Crippen molar-refractivity contribution in [1.82, 2.24) is 10.2 Å². The van der Waals surface area contributed by atoms with E-state index in [9.17, 15) is 0 Å². The zero-order valence-electron chi connectivity index (χ0n) is 13.1. The van der Waals surface area contributed by atoms with Gasteiger partial charge in [0.05, 0.1) is 6.10 Å². The molecule has 1 aromatic rings. The standard InChI is InChI=1S/C17H28N2O/c1-4-19-10-6-8-16(19)13-18-12-15-7-5-9-17(11-15)20-14(2)3/h5,7,9,11,14,16,18H,4,6,8,10,12-13H2,1-3H3/t16-/m1/s1. The Hall–Kier alpha value is -1.06. The zero-order valence-corrected chi connectivity index (χ0v) is 13.1. The normalized spacial score (nSPS) is 19.7. The number of ether oxygens (including phenoxy) is 1. The Balaban J connectivity index is 1.79. The maximum absolute atomic E-state index is 5.73. The van der Waals surface area contributed by atoms with Crippen molar-refractivity contribution in [2.45, 2.75) is 52.3 Å². The molecule has 0 radical (unpaired) electrons. The number of benzene rings is 1. The molecule has 0 unspecified atom stereocenters. The Morgan fingerprint density at radius 2 is 2.25 bits per heavy atom. The molecule has 1 heterocycles. The number of hydrogen-bond acceptors (Lipinski definition) is 3. The van der Waals surface area contributed by atoms with Gasteiger partial charge in [0.1, 0.15) is 5.75 Å². The summed E-state index contributed by atoms with van der Waals surface area (Å²) in [5, 5.41) is 3.59. The molecule has 0 bridgehead atoms. The molecule has 0 spiro atoms. The fourth-order valence-electron chi connectivity index (χ4n) is 2.93. The zero-order chi connectivity index (χ0) is 14.4. The van der Waals surface area contributed by atoms with Gasteiger partial charge in [-0.3, -0.25) is 4.90 Å². The van der Waals surface area contributed by atoms with Crippen molar-refractivity contribution in [1.29, 1.82) is 0 Å². The molecule has 1 atom stereocenters. The minimum atomic E-state index is 0.231. The van der Waals surface area contributed by atoms with Crippen molar-refractivity contribution in [3.05, 3.63) is 29.8 Å². The molecular formula is C17H28N2O. The molecule has 0 amide bonds. The largest absolute Gasteiger partial charge is 0.491 e. The molecule has 3 nitrogen and oxygen atoms in total. The second-order valence-corrected chi connectivity index (χ2v) is 5.87. The van der Waals surface area contributed by atoms with Crippen LogP contribution in [0.1, 0.15) is 39.2 Å². The van der Waals surface area contributed by atoms with Crippen LogP contribution >= 0.6 is 0 Å². The third-order valence-corrected chi connectivity index (χ3v) is 3.88. The van der Waals surface area contributed by atoms with E-state index in [1.807, 2.05) is 6.07 Å². The van der Waals surface area contributed by atoms with E-state index < -0.39 is 0 Å². The third kappa shape index (κ3) is 4.50. The van der Waals surface area contributed by atoms with E-state index in [1.165, 1.54) is 31.5 Å². The summed E-state index contributed by atoms with van der Waals surface area (Å²) in [4.78, 5) is 2.57. The molecule has 0 saturated carbocycles. The smallest absolute Gasteiger partial charge is 0.120 e. The van der Waals surface area contributed by atoms with Crippen LogP contribution in [0.25, 0.3) is 0 Å². The third-order valence-electron chi connectivity index (χ3n) is 3.88. The lowest BCUT2D eigenvalue weighted by atomic mass is 10.2. The van der Waals surface area contributed by atoms with Crippen LogP contribution in [0, 0.1) is 0 Å². The Kier molecular flexibility index (Phi) is 5.86. The number of likely N-dealkylation sites (N-methyl/N-ethyl adjacent to an activating group) is 1. The second-order valence-electron chi connectivity index (χ2n) is 5.87. The maximum atomic E-state index is 5.73. The molecule has 1 N–H and O–H groups in total. The van der Waals surface area contributed by atoms with Gasteiger partial charge in [-0.2, -0.15) is 0 Å². The molecule has 3 heteroatoms. The summed E-state index contributed by atoms with van der Waals surface area (Å²) in [6.07, 6.45) is 2.91. The molecule has 1 aromatic carbocycles. The van der Waals surface area contributed by atoms with Gasteiger partial charge in [-0.25, -0.2) is 0 Å². The lowest BCUT2D eigenvalue weighted by molar-refractivity contribution is 0.242. The summed E-state index contributed by atoms with van der Waals surface area (Å²) in [7, 11) is 0. The first kappa shape index (κ1) is 15.3. The Labute approximate surface area is 123 Å². The van der Waals surface area contributed by atoms with Gasteiger partial charge < -0.3 is 10.1 Å². The highest BCUT2D eigenvalue weighted by molar-refractivity contribution is 5.28. The first-order valence-electron chi connectivity index (χ1n) is 7.89. The number of nitrogens with zero attached hydrogens (tertiary/aromatic N) is 1. The summed E-state index contributed by atoms with van der Waals surface area (Å²) in [6, 6.07) is 9.11. The van der Waals surface area contributed by atoms with Crippen LogP contribution in [0.4, 0.5) is 0 Å². The van der Waals surface area contributed by atoms with Gasteiger partial charge >= 0.3 is 0 Å². The molecular weight excluding hydrogens is 248 g/mol. The number of likely N-dealkylation sites (tertiary alicyclic amines) is 1. The van der Waals surface area contributed by atoms with Crippen LogP contribution in [-0.2, 0) is 6.54 Å². The van der Waals surface area contributed by atoms with Gasteiger partial charge in [0.25, 0.3) is 0 Å². The maximum Gasteiger partial charge on any atom is 0.120 e. The van der Waals surface area contributed by atoms with Crippen molar-refractivity contribution in [3.63, 3.8) is 0 Å². The molecule has 0 aromatic heterocycles. The SMILES string of the molecule is CCN1CCC[C@@H]1CNCc1cccc(OC(C)C)c1. The molecule has 2 rings (SSSR count). The van der Waals surface area contributed by atoms with Gasteiger partial charge in [0, 0.05) is 19.1 Å². The number of nitrogens with one attached hydrogen (secondary N) is 1. The number of rotatable bonds is 7. The topological polar surface area (TPSA) is 24.5 Å². The van der Waals surface area contributed by atoms with E-state index in [-0.39, 0.29) is 6.10 Å². The summed E-state index contributed by atoms with van der Waals surface area (Å²) < 4.78 is 5.73. The quantitative estimate of drug-likeness (QED) is 0.828. The summed E-state index contributed by atoms with van der Waals surface area (Å²) in [6.45, 7) is 10.8. The van der Waals surface area contributed by atoms with Crippen molar-refractivity contribution >= 4 is 0 Å². The van der Waals surface area contributed by atoms with Crippen molar-refractivity contribution in [3.8, 4) is 5.75 Å². The first-order chi connectivity index (χ1) is 9.69. The molecule has 1 aliphatic rings. The fourth-order valence-corrected chi connectivity index (χ4v) is 2.93. The number of hydrogen-bond donors (Lipinski definition) is 1. The molecule has 1 saturated heterocycles. The Bertz CT molecular complexity index is 406. The van der Waals surface area contributed by atoms with Gasteiger partial charge in [-0.1, -0.05) is 19.1 Å². The highest BCUT2D eigenvalue weighted by Gasteiger charge is 2.21. The fraction of sp³-hybridized carbons (Fsp3) is 0.647. The van der Waals surface area contributed by atoms with Gasteiger partial charge in [0.15, 0.2) is 0 Å². The highest BCUT2D eigenvalue weighted by Crippen LogP contribution is 2.17. The van der Waals surface area contributed by atoms with E-state index in [0.717, 1.165) is 24.9 Å². The molecule has 20 heavy (non-hydrogen) atoms. The van der Waals surface area contributed by atoms with Gasteiger partial charge in [0.2, 0.25) is 0 Å². The van der Waals surface area contributed by atoms with Gasteiger partial charge in [-0.05, 0) is 57.5 Å². The Morgan fingerprint density at radius 1 is 1.40 bits per heavy atom. The molecule has 1 aliphatic heterocycles. The van der Waals surface area contributed by atoms with E-state index in [2.05, 4.69) is 49.2 Å². The second kappa shape index (κ2) is 7.65. The minimum absolute atomic E-state index is 0.231. The van der Waals surface area contributed by atoms with Crippen LogP contribution in [0.2, 0.25) is 0 Å². The average molecular weight is 276 g/mol. The van der Waals surface area contributed by atoms with Crippen LogP contribution in [-0.4, -0.2) is 36.7 Å². The lowest BCUT2D eigenvalue weighted by Crippen LogP contribution is -2.37. The van der Waals surface area contributed by atoms with E-state index in [1.54, 1.807) is 0 Å². The highest BCUT2D eigenvalue weighted by atomic mass is 16.5. The van der Waals surface area contributed by atoms with Crippen molar-refractivity contribution < 1.29 is 4.74 Å². The average Bonchev–Trinajstić information content (AvgIpc) is 2.86. The summed E-state index contributed by atoms with van der Waals surface area (Å²) >= 11 is 0. The summed E-state index contributed by atoms with van der Waals surface area (Å²) in [5.74, 6) is 0.968. The molecule has 0 aliphatic carbocycles. The van der Waals surface area contributed by atoms with Crippen molar-refractivity contribution in [2.24, 2.45) is 0 Å². The van der Waals surface area contributed by atoms with Crippen molar-refractivity contribution in [2.75, 3.05) is 19.6 Å². The molecule has 112 valence electrons. The van der Waals surface area contributed by atoms with Crippen LogP contribution in [0.15, 0.2) is 24.3 Å². The van der Waals surface area contributed by atoms with Crippen LogP contribution in [0.3, 0.4) is 0 Å². The van der Waals surface area contributed by atoms with Crippen LogP contribution in [0.5, 0.6) is 5.75 Å². The van der Waals surface area contributed by atoms with E-state index >= 15 is 0 Å². The monoisotopic (exact) mass is 276 g/mol. The molecule has 1 fully saturated rings. The van der Waals surface area contributed by atoms with E-state index in [0.29, 0.717) is 0 Å². The first-order valence-corrected chi connectivity index (χ1v) is 7.89. The van der Waals surface area contributed by atoms with Gasteiger partial charge in [-0.15, -0.1) is 0 Å². The predicted molar refractivity (Wildman–Crippen MR) is 84.2 cm³/mol. The summed E-state index contributed by atoms with van der Waals surface area (Å²) in [5.41, 5.74) is 1.30. The lowest BCUT2D eigenvalue weighted by Gasteiger charge is -2.23. The van der Waals surface area contributed by atoms with Crippen LogP contribution < -0.4 is 10.1 Å². The Morgan fingerprint density at radius 3 is 3.00 bits per heavy atom. The predicted octanol–water partition coefficient (Wildman–Crippen LogP) is 3.05.